The van der Waals surface area contributed by atoms with Gasteiger partial charge in [0.15, 0.2) is 11.5 Å². The molecule has 5 nitrogen and oxygen atoms in total. The van der Waals surface area contributed by atoms with Crippen molar-refractivity contribution in [3.63, 3.8) is 0 Å². The molecule has 5 heteroatoms. The number of nitrogens with zero attached hydrogens (tertiary/aromatic N) is 1. The molecule has 0 N–H and O–H groups in total. The smallest absolute Gasteiger partial charge is 0.323 e. The van der Waals surface area contributed by atoms with Crippen molar-refractivity contribution < 1.29 is 19.0 Å². The zero-order valence-corrected chi connectivity index (χ0v) is 12.7. The second-order valence-electron chi connectivity index (χ2n) is 4.28. The molecule has 0 spiro atoms. The van der Waals surface area contributed by atoms with Crippen molar-refractivity contribution in [1.82, 2.24) is 0 Å². The van der Waals surface area contributed by atoms with E-state index in [0.717, 1.165) is 5.56 Å². The Morgan fingerprint density at radius 1 is 1.14 bits per heavy atom. The Hall–Kier alpha value is -2.22. The predicted molar refractivity (Wildman–Crippen MR) is 78.2 cm³/mol. The Balaban J connectivity index is 2.90. The molecule has 1 atom stereocenters. The quantitative estimate of drug-likeness (QED) is 0.689. The van der Waals surface area contributed by atoms with E-state index in [0.29, 0.717) is 31.1 Å². The van der Waals surface area contributed by atoms with Crippen molar-refractivity contribution in [2.75, 3.05) is 19.8 Å². The molecule has 21 heavy (non-hydrogen) atoms. The highest BCUT2D eigenvalue weighted by atomic mass is 16.5. The van der Waals surface area contributed by atoms with Gasteiger partial charge in [-0.1, -0.05) is 6.07 Å². The Morgan fingerprint density at radius 2 is 1.81 bits per heavy atom. The number of carbonyl (C=O) groups is 1. The molecule has 0 aliphatic carbocycles. The van der Waals surface area contributed by atoms with E-state index in [9.17, 15) is 4.79 Å². The summed E-state index contributed by atoms with van der Waals surface area (Å²) in [4.78, 5) is 11.7. The molecule has 1 aromatic rings. The van der Waals surface area contributed by atoms with Crippen molar-refractivity contribution in [1.29, 1.82) is 5.26 Å². The molecule has 0 aliphatic rings. The van der Waals surface area contributed by atoms with Gasteiger partial charge in [-0.15, -0.1) is 0 Å². The first kappa shape index (κ1) is 16.8. The molecule has 0 amide bonds. The fourth-order valence-electron chi connectivity index (χ4n) is 1.88. The number of esters is 1. The summed E-state index contributed by atoms with van der Waals surface area (Å²) in [5, 5.41) is 9.09. The van der Waals surface area contributed by atoms with Crippen LogP contribution in [-0.4, -0.2) is 25.8 Å². The van der Waals surface area contributed by atoms with E-state index in [4.69, 9.17) is 19.5 Å². The molecule has 0 fully saturated rings. The van der Waals surface area contributed by atoms with Gasteiger partial charge in [0.05, 0.1) is 25.9 Å². The van der Waals surface area contributed by atoms with Crippen LogP contribution < -0.4 is 9.47 Å². The van der Waals surface area contributed by atoms with Crippen LogP contribution in [0, 0.1) is 17.2 Å². The minimum atomic E-state index is -0.808. The third kappa shape index (κ3) is 4.99. The summed E-state index contributed by atoms with van der Waals surface area (Å²) in [6.45, 7) is 6.84. The fraction of sp³-hybridized carbons (Fsp3) is 0.500. The zero-order valence-electron chi connectivity index (χ0n) is 12.7. The summed E-state index contributed by atoms with van der Waals surface area (Å²) >= 11 is 0. The molecule has 0 heterocycles. The monoisotopic (exact) mass is 291 g/mol. The van der Waals surface area contributed by atoms with E-state index in [1.165, 1.54) is 0 Å². The molecule has 0 saturated heterocycles. The van der Waals surface area contributed by atoms with E-state index in [-0.39, 0.29) is 6.61 Å². The number of ether oxygens (including phenoxy) is 3. The van der Waals surface area contributed by atoms with E-state index < -0.39 is 11.9 Å². The number of benzene rings is 1. The molecule has 0 saturated carbocycles. The number of hydrogen-bond acceptors (Lipinski definition) is 5. The second kappa shape index (κ2) is 8.85. The van der Waals surface area contributed by atoms with E-state index in [2.05, 4.69) is 0 Å². The predicted octanol–water partition coefficient (Wildman–Crippen LogP) is 2.73. The maximum absolute atomic E-state index is 11.7. The van der Waals surface area contributed by atoms with Crippen molar-refractivity contribution in [2.24, 2.45) is 5.92 Å². The van der Waals surface area contributed by atoms with Crippen LogP contribution in [0.2, 0.25) is 0 Å². The van der Waals surface area contributed by atoms with Crippen LogP contribution in [0.1, 0.15) is 26.3 Å². The van der Waals surface area contributed by atoms with Gasteiger partial charge < -0.3 is 14.2 Å². The molecule has 0 radical (unpaired) electrons. The lowest BCUT2D eigenvalue weighted by Crippen LogP contribution is -2.18. The molecule has 0 aliphatic heterocycles. The van der Waals surface area contributed by atoms with Gasteiger partial charge >= 0.3 is 5.97 Å². The largest absolute Gasteiger partial charge is 0.490 e. The van der Waals surface area contributed by atoms with Crippen molar-refractivity contribution in [2.45, 2.75) is 27.2 Å². The van der Waals surface area contributed by atoms with Crippen LogP contribution in [0.3, 0.4) is 0 Å². The highest BCUT2D eigenvalue weighted by Gasteiger charge is 2.20. The molecule has 114 valence electrons. The second-order valence-corrected chi connectivity index (χ2v) is 4.28. The van der Waals surface area contributed by atoms with E-state index in [1.807, 2.05) is 26.0 Å². The van der Waals surface area contributed by atoms with Crippen molar-refractivity contribution in [3.8, 4) is 17.6 Å². The zero-order chi connectivity index (χ0) is 15.7. The summed E-state index contributed by atoms with van der Waals surface area (Å²) in [6.07, 6.45) is 0.293. The molecule has 0 bridgehead atoms. The summed E-state index contributed by atoms with van der Waals surface area (Å²) in [5.41, 5.74) is 0.835. The normalized spacial score (nSPS) is 11.3. The summed E-state index contributed by atoms with van der Waals surface area (Å²) in [6, 6.07) is 7.41. The van der Waals surface area contributed by atoms with Crippen LogP contribution >= 0.6 is 0 Å². The highest BCUT2D eigenvalue weighted by Crippen LogP contribution is 2.29. The number of nitriles is 1. The van der Waals surface area contributed by atoms with Crippen LogP contribution in [0.15, 0.2) is 18.2 Å². The van der Waals surface area contributed by atoms with Crippen LogP contribution in [-0.2, 0) is 16.0 Å². The maximum atomic E-state index is 11.7. The van der Waals surface area contributed by atoms with Crippen LogP contribution in [0.5, 0.6) is 11.5 Å². The average Bonchev–Trinajstić information content (AvgIpc) is 2.48. The van der Waals surface area contributed by atoms with Gasteiger partial charge in [0.1, 0.15) is 5.92 Å². The van der Waals surface area contributed by atoms with Gasteiger partial charge in [-0.2, -0.15) is 5.26 Å². The minimum Gasteiger partial charge on any atom is -0.490 e. The molecule has 1 rings (SSSR count). The number of hydrogen-bond donors (Lipinski definition) is 0. The van der Waals surface area contributed by atoms with Gasteiger partial charge in [-0.25, -0.2) is 0 Å². The molecule has 1 aromatic carbocycles. The third-order valence-corrected chi connectivity index (χ3v) is 2.77. The van der Waals surface area contributed by atoms with Gasteiger partial charge in [0.2, 0.25) is 0 Å². The first-order valence-corrected chi connectivity index (χ1v) is 7.10. The summed E-state index contributed by atoms with van der Waals surface area (Å²) in [7, 11) is 0. The fourth-order valence-corrected chi connectivity index (χ4v) is 1.88. The Bertz CT molecular complexity index is 507. The Labute approximate surface area is 125 Å². The van der Waals surface area contributed by atoms with Crippen molar-refractivity contribution in [3.05, 3.63) is 23.8 Å². The SMILES string of the molecule is CCOC(=O)C(C#N)Cc1ccc(OCC)c(OCC)c1. The third-order valence-electron chi connectivity index (χ3n) is 2.77. The Morgan fingerprint density at radius 3 is 2.38 bits per heavy atom. The first-order chi connectivity index (χ1) is 10.2. The number of carbonyl (C=O) groups excluding carboxylic acids is 1. The summed E-state index contributed by atoms with van der Waals surface area (Å²) in [5.74, 6) is -0.0191. The van der Waals surface area contributed by atoms with Gasteiger partial charge in [0, 0.05) is 0 Å². The van der Waals surface area contributed by atoms with Gasteiger partial charge in [-0.05, 0) is 44.9 Å². The summed E-state index contributed by atoms with van der Waals surface area (Å²) < 4.78 is 15.9. The molecular weight excluding hydrogens is 270 g/mol. The molecular formula is C16H21NO4. The average molecular weight is 291 g/mol. The topological polar surface area (TPSA) is 68.6 Å². The first-order valence-electron chi connectivity index (χ1n) is 7.10. The van der Waals surface area contributed by atoms with Crippen molar-refractivity contribution >= 4 is 5.97 Å². The number of rotatable bonds is 8. The lowest BCUT2D eigenvalue weighted by Gasteiger charge is -2.13. The van der Waals surface area contributed by atoms with E-state index >= 15 is 0 Å². The van der Waals surface area contributed by atoms with E-state index in [1.54, 1.807) is 19.1 Å². The molecule has 0 aromatic heterocycles. The lowest BCUT2D eigenvalue weighted by atomic mass is 10.0. The van der Waals surface area contributed by atoms with Crippen LogP contribution in [0.25, 0.3) is 0 Å². The van der Waals surface area contributed by atoms with Gasteiger partial charge in [-0.3, -0.25) is 4.79 Å². The standard InChI is InChI=1S/C16H21NO4/c1-4-19-14-8-7-12(10-15(14)20-5-2)9-13(11-17)16(18)21-6-3/h7-8,10,13H,4-6,9H2,1-3H3. The lowest BCUT2D eigenvalue weighted by molar-refractivity contribution is -0.145. The minimum absolute atomic E-state index is 0.268. The van der Waals surface area contributed by atoms with Gasteiger partial charge in [0.25, 0.3) is 0 Å². The molecule has 1 unspecified atom stereocenters. The highest BCUT2D eigenvalue weighted by molar-refractivity contribution is 5.75. The van der Waals surface area contributed by atoms with Crippen LogP contribution in [0.4, 0.5) is 0 Å². The maximum Gasteiger partial charge on any atom is 0.323 e. The Kier molecular flexibility index (Phi) is 7.10.